The van der Waals surface area contributed by atoms with E-state index in [0.29, 0.717) is 25.0 Å². The number of hydrogen-bond acceptors (Lipinski definition) is 5. The van der Waals surface area contributed by atoms with Crippen molar-refractivity contribution in [3.63, 3.8) is 0 Å². The summed E-state index contributed by atoms with van der Waals surface area (Å²) in [7, 11) is 0. The number of carbonyl (C=O) groups excluding carboxylic acids is 2. The van der Waals surface area contributed by atoms with Gasteiger partial charge in [-0.1, -0.05) is 13.8 Å². The predicted molar refractivity (Wildman–Crippen MR) is 95.1 cm³/mol. The number of rotatable bonds is 8. The molecule has 2 heterocycles. The number of nitrogens with zero attached hydrogens (tertiary/aromatic N) is 3. The van der Waals surface area contributed by atoms with Crippen molar-refractivity contribution in [3.05, 3.63) is 18.2 Å². The van der Waals surface area contributed by atoms with Crippen LogP contribution >= 0.6 is 0 Å². The van der Waals surface area contributed by atoms with E-state index in [-0.39, 0.29) is 12.5 Å². The quantitative estimate of drug-likeness (QED) is 0.717. The average molecular weight is 350 g/mol. The van der Waals surface area contributed by atoms with E-state index in [0.717, 1.165) is 38.3 Å². The number of piperidine rings is 1. The van der Waals surface area contributed by atoms with Gasteiger partial charge in [-0.3, -0.25) is 14.5 Å². The minimum absolute atomic E-state index is 0.0538. The number of esters is 1. The van der Waals surface area contributed by atoms with E-state index in [4.69, 9.17) is 4.74 Å². The van der Waals surface area contributed by atoms with Crippen molar-refractivity contribution in [1.82, 2.24) is 19.8 Å². The van der Waals surface area contributed by atoms with Crippen molar-refractivity contribution in [2.24, 2.45) is 5.92 Å². The fourth-order valence-electron chi connectivity index (χ4n) is 3.22. The number of likely N-dealkylation sites (tertiary alicyclic amines) is 1. The predicted octanol–water partition coefficient (Wildman–Crippen LogP) is 1.40. The molecule has 1 amide bonds. The third-order valence-electron chi connectivity index (χ3n) is 4.53. The Bertz CT molecular complexity index is 562. The lowest BCUT2D eigenvalue weighted by atomic mass is 9.96. The standard InChI is InChI=1S/C18H30N4O3/c1-4-25-17(24)11-20-16(23)13-21-8-5-15(6-9-21)12-22-10-7-19-18(22)14(2)3/h7,10,14-15H,4-6,8-9,11-13H2,1-3H3,(H,20,23). The lowest BCUT2D eigenvalue weighted by molar-refractivity contribution is -0.143. The van der Waals surface area contributed by atoms with E-state index in [1.54, 1.807) is 6.92 Å². The van der Waals surface area contributed by atoms with Gasteiger partial charge in [0.1, 0.15) is 12.4 Å². The van der Waals surface area contributed by atoms with Crippen LogP contribution in [-0.2, 0) is 20.9 Å². The molecule has 0 aliphatic carbocycles. The number of carbonyl (C=O) groups is 2. The fourth-order valence-corrected chi connectivity index (χ4v) is 3.22. The smallest absolute Gasteiger partial charge is 0.325 e. The number of aromatic nitrogens is 2. The Morgan fingerprint density at radius 1 is 1.36 bits per heavy atom. The maximum absolute atomic E-state index is 11.9. The minimum atomic E-state index is -0.393. The molecular formula is C18H30N4O3. The van der Waals surface area contributed by atoms with Crippen molar-refractivity contribution in [2.45, 2.75) is 46.1 Å². The summed E-state index contributed by atoms with van der Waals surface area (Å²) in [5.74, 6) is 1.67. The zero-order chi connectivity index (χ0) is 18.2. The normalized spacial score (nSPS) is 16.2. The summed E-state index contributed by atoms with van der Waals surface area (Å²) in [4.78, 5) is 29.7. The molecule has 1 aliphatic heterocycles. The number of nitrogens with one attached hydrogen (secondary N) is 1. The van der Waals surface area contributed by atoms with Crippen LogP contribution in [-0.4, -0.2) is 59.1 Å². The third kappa shape index (κ3) is 6.16. The lowest BCUT2D eigenvalue weighted by Gasteiger charge is -2.32. The second kappa shape index (κ2) is 9.56. The van der Waals surface area contributed by atoms with Crippen LogP contribution in [0.4, 0.5) is 0 Å². The molecule has 0 atom stereocenters. The topological polar surface area (TPSA) is 76.5 Å². The number of imidazole rings is 1. The van der Waals surface area contributed by atoms with Crippen LogP contribution in [0.15, 0.2) is 12.4 Å². The van der Waals surface area contributed by atoms with Crippen molar-refractivity contribution < 1.29 is 14.3 Å². The summed E-state index contributed by atoms with van der Waals surface area (Å²) in [6.07, 6.45) is 6.07. The summed E-state index contributed by atoms with van der Waals surface area (Å²) in [6.45, 7) is 9.50. The molecule has 1 aromatic heterocycles. The van der Waals surface area contributed by atoms with E-state index in [1.807, 2.05) is 6.20 Å². The lowest BCUT2D eigenvalue weighted by Crippen LogP contribution is -2.43. The molecule has 1 saturated heterocycles. The van der Waals surface area contributed by atoms with Gasteiger partial charge < -0.3 is 14.6 Å². The molecule has 7 nitrogen and oxygen atoms in total. The van der Waals surface area contributed by atoms with Crippen LogP contribution in [0.5, 0.6) is 0 Å². The van der Waals surface area contributed by atoms with Crippen LogP contribution in [0.25, 0.3) is 0 Å². The summed E-state index contributed by atoms with van der Waals surface area (Å²) in [6, 6.07) is 0. The Morgan fingerprint density at radius 3 is 2.72 bits per heavy atom. The molecule has 25 heavy (non-hydrogen) atoms. The van der Waals surface area contributed by atoms with E-state index in [2.05, 4.69) is 39.8 Å². The van der Waals surface area contributed by atoms with Crippen LogP contribution in [0.3, 0.4) is 0 Å². The monoisotopic (exact) mass is 350 g/mol. The van der Waals surface area contributed by atoms with Gasteiger partial charge in [0.15, 0.2) is 0 Å². The largest absolute Gasteiger partial charge is 0.465 e. The molecule has 0 spiro atoms. The van der Waals surface area contributed by atoms with Crippen molar-refractivity contribution in [1.29, 1.82) is 0 Å². The van der Waals surface area contributed by atoms with Gasteiger partial charge in [0, 0.05) is 24.9 Å². The first-order valence-corrected chi connectivity index (χ1v) is 9.15. The zero-order valence-electron chi connectivity index (χ0n) is 15.5. The second-order valence-corrected chi connectivity index (χ2v) is 6.89. The van der Waals surface area contributed by atoms with Crippen LogP contribution < -0.4 is 5.32 Å². The van der Waals surface area contributed by atoms with Gasteiger partial charge in [-0.2, -0.15) is 0 Å². The van der Waals surface area contributed by atoms with Gasteiger partial charge in [-0.25, -0.2) is 4.98 Å². The van der Waals surface area contributed by atoms with E-state index in [9.17, 15) is 9.59 Å². The number of hydrogen-bond donors (Lipinski definition) is 1. The van der Waals surface area contributed by atoms with Gasteiger partial charge in [0.2, 0.25) is 5.91 Å². The molecule has 2 rings (SSSR count). The molecule has 0 saturated carbocycles. The van der Waals surface area contributed by atoms with Crippen molar-refractivity contribution in [3.8, 4) is 0 Å². The van der Waals surface area contributed by atoms with Gasteiger partial charge in [-0.15, -0.1) is 0 Å². The fraction of sp³-hybridized carbons (Fsp3) is 0.722. The molecule has 0 bridgehead atoms. The Hall–Kier alpha value is -1.89. The molecule has 1 N–H and O–H groups in total. The maximum atomic E-state index is 11.9. The molecule has 140 valence electrons. The Balaban J connectivity index is 1.70. The van der Waals surface area contributed by atoms with Gasteiger partial charge >= 0.3 is 5.97 Å². The summed E-state index contributed by atoms with van der Waals surface area (Å²) >= 11 is 0. The first-order valence-electron chi connectivity index (χ1n) is 9.15. The third-order valence-corrected chi connectivity index (χ3v) is 4.53. The zero-order valence-corrected chi connectivity index (χ0v) is 15.5. The summed E-state index contributed by atoms with van der Waals surface area (Å²) < 4.78 is 7.06. The Morgan fingerprint density at radius 2 is 2.08 bits per heavy atom. The first kappa shape index (κ1) is 19.4. The molecule has 1 aromatic rings. The molecule has 0 aromatic carbocycles. The Labute approximate surface area is 149 Å². The SMILES string of the molecule is CCOC(=O)CNC(=O)CN1CCC(Cn2ccnc2C(C)C)CC1. The molecule has 7 heteroatoms. The van der Waals surface area contributed by atoms with Gasteiger partial charge in [0.05, 0.1) is 13.2 Å². The summed E-state index contributed by atoms with van der Waals surface area (Å²) in [5.41, 5.74) is 0. The van der Waals surface area contributed by atoms with Crippen LogP contribution in [0.1, 0.15) is 45.4 Å². The van der Waals surface area contributed by atoms with Gasteiger partial charge in [-0.05, 0) is 38.8 Å². The molecule has 1 fully saturated rings. The highest BCUT2D eigenvalue weighted by Crippen LogP contribution is 2.21. The van der Waals surface area contributed by atoms with E-state index >= 15 is 0 Å². The highest BCUT2D eigenvalue weighted by molar-refractivity contribution is 5.83. The highest BCUT2D eigenvalue weighted by atomic mass is 16.5. The van der Waals surface area contributed by atoms with E-state index < -0.39 is 5.97 Å². The first-order chi connectivity index (χ1) is 12.0. The van der Waals surface area contributed by atoms with Crippen LogP contribution in [0.2, 0.25) is 0 Å². The summed E-state index contributed by atoms with van der Waals surface area (Å²) in [5, 5.41) is 2.61. The molecular weight excluding hydrogens is 320 g/mol. The molecule has 1 aliphatic rings. The second-order valence-electron chi connectivity index (χ2n) is 6.89. The number of amides is 1. The number of ether oxygens (including phenoxy) is 1. The molecule has 0 radical (unpaired) electrons. The minimum Gasteiger partial charge on any atom is -0.465 e. The van der Waals surface area contributed by atoms with Gasteiger partial charge in [0.25, 0.3) is 0 Å². The van der Waals surface area contributed by atoms with Crippen molar-refractivity contribution >= 4 is 11.9 Å². The molecule has 0 unspecified atom stereocenters. The van der Waals surface area contributed by atoms with Crippen LogP contribution in [0, 0.1) is 5.92 Å². The van der Waals surface area contributed by atoms with E-state index in [1.165, 1.54) is 0 Å². The van der Waals surface area contributed by atoms with Crippen molar-refractivity contribution in [2.75, 3.05) is 32.8 Å². The Kier molecular flexibility index (Phi) is 7.43. The average Bonchev–Trinajstić information content (AvgIpc) is 3.03. The highest BCUT2D eigenvalue weighted by Gasteiger charge is 2.22. The maximum Gasteiger partial charge on any atom is 0.325 e.